The molecule has 3 N–H and O–H groups in total. The van der Waals surface area contributed by atoms with Crippen LogP contribution in [-0.4, -0.2) is 11.7 Å². The zero-order chi connectivity index (χ0) is 10.8. The van der Waals surface area contributed by atoms with Gasteiger partial charge < -0.3 is 10.8 Å². The van der Waals surface area contributed by atoms with E-state index in [-0.39, 0.29) is 6.61 Å². The van der Waals surface area contributed by atoms with Gasteiger partial charge in [0.25, 0.3) is 0 Å². The molecule has 0 saturated heterocycles. The van der Waals surface area contributed by atoms with Crippen molar-refractivity contribution >= 4 is 31.9 Å². The van der Waals surface area contributed by atoms with Gasteiger partial charge in [-0.25, -0.2) is 0 Å². The molecule has 0 spiro atoms. The van der Waals surface area contributed by atoms with E-state index in [9.17, 15) is 0 Å². The number of benzene rings is 1. The molecular formula is C10H13Br2NO. The second kappa shape index (κ2) is 4.75. The molecule has 2 nitrogen and oxygen atoms in total. The first-order valence-electron chi connectivity index (χ1n) is 4.32. The number of aliphatic hydroxyl groups is 1. The third-order valence-corrected chi connectivity index (χ3v) is 3.07. The average molecular weight is 323 g/mol. The van der Waals surface area contributed by atoms with Crippen molar-refractivity contribution in [3.8, 4) is 0 Å². The Kier molecular flexibility index (Phi) is 4.13. The summed E-state index contributed by atoms with van der Waals surface area (Å²) in [5, 5.41) is 8.90. The highest BCUT2D eigenvalue weighted by Gasteiger charge is 2.20. The van der Waals surface area contributed by atoms with Crippen LogP contribution in [0.5, 0.6) is 0 Å². The van der Waals surface area contributed by atoms with Gasteiger partial charge in [-0.1, -0.05) is 31.9 Å². The van der Waals surface area contributed by atoms with Crippen LogP contribution < -0.4 is 5.73 Å². The minimum absolute atomic E-state index is 0.0944. The van der Waals surface area contributed by atoms with Gasteiger partial charge in [0, 0.05) is 21.1 Å². The standard InChI is InChI=1S/C10H13Br2NO/c1-10(13,2-3-14)7-4-8(11)6-9(12)5-7/h4-6,14H,2-3,13H2,1H3/t10-/m1/s1. The predicted molar refractivity (Wildman–Crippen MR) is 65.1 cm³/mol. The van der Waals surface area contributed by atoms with Gasteiger partial charge in [0.2, 0.25) is 0 Å². The molecule has 1 rings (SSSR count). The largest absolute Gasteiger partial charge is 0.396 e. The van der Waals surface area contributed by atoms with E-state index < -0.39 is 5.54 Å². The van der Waals surface area contributed by atoms with Gasteiger partial charge in [-0.2, -0.15) is 0 Å². The SMILES string of the molecule is C[C@@](N)(CCO)c1cc(Br)cc(Br)c1. The summed E-state index contributed by atoms with van der Waals surface area (Å²) < 4.78 is 1.97. The smallest absolute Gasteiger partial charge is 0.0451 e. The molecule has 0 aliphatic rings. The third kappa shape index (κ3) is 3.05. The Morgan fingerprint density at radius 3 is 2.21 bits per heavy atom. The van der Waals surface area contributed by atoms with Crippen molar-refractivity contribution in [2.45, 2.75) is 18.9 Å². The fraction of sp³-hybridized carbons (Fsp3) is 0.400. The van der Waals surface area contributed by atoms with Crippen LogP contribution in [0.4, 0.5) is 0 Å². The van der Waals surface area contributed by atoms with Crippen molar-refractivity contribution in [2.24, 2.45) is 5.73 Å². The molecule has 0 saturated carbocycles. The van der Waals surface area contributed by atoms with Crippen LogP contribution in [0, 0.1) is 0 Å². The molecular weight excluding hydrogens is 310 g/mol. The lowest BCUT2D eigenvalue weighted by atomic mass is 9.90. The highest BCUT2D eigenvalue weighted by Crippen LogP contribution is 2.28. The topological polar surface area (TPSA) is 46.2 Å². The Morgan fingerprint density at radius 1 is 1.29 bits per heavy atom. The minimum Gasteiger partial charge on any atom is -0.396 e. The number of hydrogen-bond acceptors (Lipinski definition) is 2. The van der Waals surface area contributed by atoms with Crippen molar-refractivity contribution in [1.82, 2.24) is 0 Å². The quantitative estimate of drug-likeness (QED) is 0.899. The lowest BCUT2D eigenvalue weighted by molar-refractivity contribution is 0.247. The summed E-state index contributed by atoms with van der Waals surface area (Å²) in [4.78, 5) is 0. The number of hydrogen-bond donors (Lipinski definition) is 2. The molecule has 4 heteroatoms. The van der Waals surface area contributed by atoms with Crippen LogP contribution in [0.1, 0.15) is 18.9 Å². The fourth-order valence-corrected chi connectivity index (χ4v) is 2.55. The molecule has 0 fully saturated rings. The summed E-state index contributed by atoms with van der Waals surface area (Å²) in [6.45, 7) is 2.01. The zero-order valence-corrected chi connectivity index (χ0v) is 11.1. The van der Waals surface area contributed by atoms with Crippen LogP contribution in [-0.2, 0) is 5.54 Å². The van der Waals surface area contributed by atoms with Gasteiger partial charge in [0.1, 0.15) is 0 Å². The molecule has 0 aliphatic carbocycles. The molecule has 0 unspecified atom stereocenters. The molecule has 0 amide bonds. The highest BCUT2D eigenvalue weighted by molar-refractivity contribution is 9.11. The Labute approximate surface area is 101 Å². The summed E-state index contributed by atoms with van der Waals surface area (Å²) in [6.07, 6.45) is 0.551. The Balaban J connectivity index is 3.05. The molecule has 0 aromatic heterocycles. The van der Waals surface area contributed by atoms with Crippen LogP contribution in [0.15, 0.2) is 27.1 Å². The summed E-state index contributed by atoms with van der Waals surface area (Å²) in [7, 11) is 0. The molecule has 78 valence electrons. The van der Waals surface area contributed by atoms with E-state index in [1.54, 1.807) is 0 Å². The lowest BCUT2D eigenvalue weighted by Gasteiger charge is -2.24. The van der Waals surface area contributed by atoms with Crippen LogP contribution in [0.3, 0.4) is 0 Å². The number of aliphatic hydroxyl groups excluding tert-OH is 1. The zero-order valence-electron chi connectivity index (χ0n) is 7.93. The van der Waals surface area contributed by atoms with Gasteiger partial charge in [0.05, 0.1) is 0 Å². The predicted octanol–water partition coefficient (Wildman–Crippen LogP) is 2.77. The Hall–Kier alpha value is 0.1000. The third-order valence-electron chi connectivity index (χ3n) is 2.15. The van der Waals surface area contributed by atoms with Crippen molar-refractivity contribution in [1.29, 1.82) is 0 Å². The molecule has 0 aliphatic heterocycles. The Morgan fingerprint density at radius 2 is 1.79 bits per heavy atom. The molecule has 0 bridgehead atoms. The summed E-state index contributed by atoms with van der Waals surface area (Å²) in [6, 6.07) is 5.90. The van der Waals surface area contributed by atoms with Crippen LogP contribution >= 0.6 is 31.9 Å². The molecule has 1 atom stereocenters. The molecule has 14 heavy (non-hydrogen) atoms. The van der Waals surface area contributed by atoms with Crippen molar-refractivity contribution in [3.05, 3.63) is 32.7 Å². The summed E-state index contributed by atoms with van der Waals surface area (Å²) in [5.74, 6) is 0. The molecule has 0 heterocycles. The van der Waals surface area contributed by atoms with E-state index in [2.05, 4.69) is 31.9 Å². The van der Waals surface area contributed by atoms with Gasteiger partial charge in [-0.15, -0.1) is 0 Å². The van der Waals surface area contributed by atoms with E-state index >= 15 is 0 Å². The second-order valence-electron chi connectivity index (χ2n) is 3.55. The highest BCUT2D eigenvalue weighted by atomic mass is 79.9. The monoisotopic (exact) mass is 321 g/mol. The minimum atomic E-state index is -0.485. The first-order chi connectivity index (χ1) is 6.45. The second-order valence-corrected chi connectivity index (χ2v) is 5.38. The first kappa shape index (κ1) is 12.2. The normalized spacial score (nSPS) is 15.2. The van der Waals surface area contributed by atoms with E-state index in [0.29, 0.717) is 6.42 Å². The van der Waals surface area contributed by atoms with Crippen molar-refractivity contribution in [3.63, 3.8) is 0 Å². The van der Waals surface area contributed by atoms with Gasteiger partial charge in [0.15, 0.2) is 0 Å². The Bertz CT molecular complexity index is 306. The number of nitrogens with two attached hydrogens (primary N) is 1. The molecule has 1 aromatic carbocycles. The maximum Gasteiger partial charge on any atom is 0.0451 e. The van der Waals surface area contributed by atoms with Gasteiger partial charge in [-0.05, 0) is 37.1 Å². The average Bonchev–Trinajstić information content (AvgIpc) is 2.02. The van der Waals surface area contributed by atoms with Gasteiger partial charge >= 0.3 is 0 Å². The number of halogens is 2. The van der Waals surface area contributed by atoms with E-state index in [1.165, 1.54) is 0 Å². The van der Waals surface area contributed by atoms with Crippen LogP contribution in [0.25, 0.3) is 0 Å². The maximum absolute atomic E-state index is 8.90. The first-order valence-corrected chi connectivity index (χ1v) is 5.90. The fourth-order valence-electron chi connectivity index (χ4n) is 1.26. The van der Waals surface area contributed by atoms with E-state index in [1.807, 2.05) is 25.1 Å². The van der Waals surface area contributed by atoms with E-state index in [0.717, 1.165) is 14.5 Å². The summed E-state index contributed by atoms with van der Waals surface area (Å²) >= 11 is 6.82. The van der Waals surface area contributed by atoms with Crippen LogP contribution in [0.2, 0.25) is 0 Å². The van der Waals surface area contributed by atoms with Crippen molar-refractivity contribution in [2.75, 3.05) is 6.61 Å². The number of rotatable bonds is 3. The van der Waals surface area contributed by atoms with Gasteiger partial charge in [-0.3, -0.25) is 0 Å². The van der Waals surface area contributed by atoms with E-state index in [4.69, 9.17) is 10.8 Å². The lowest BCUT2D eigenvalue weighted by Crippen LogP contribution is -2.34. The molecule has 1 aromatic rings. The maximum atomic E-state index is 8.90. The van der Waals surface area contributed by atoms with Crippen molar-refractivity contribution < 1.29 is 5.11 Å². The molecule has 0 radical (unpaired) electrons. The summed E-state index contributed by atoms with van der Waals surface area (Å²) in [5.41, 5.74) is 6.61.